The van der Waals surface area contributed by atoms with Gasteiger partial charge in [-0.3, -0.25) is 19.7 Å². The van der Waals surface area contributed by atoms with Gasteiger partial charge in [0.15, 0.2) is 0 Å². The summed E-state index contributed by atoms with van der Waals surface area (Å²) in [5, 5.41) is 18.0. The summed E-state index contributed by atoms with van der Waals surface area (Å²) in [7, 11) is 0. The second-order valence-electron chi connectivity index (χ2n) is 9.26. The quantitative estimate of drug-likeness (QED) is 0.468. The number of nitrogens with one attached hydrogen (secondary N) is 3. The predicted molar refractivity (Wildman–Crippen MR) is 132 cm³/mol. The molecule has 3 aromatic rings. The second kappa shape index (κ2) is 8.73. The molecule has 0 saturated carbocycles. The number of thiazole rings is 1. The smallest absolute Gasteiger partial charge is 0.319 e. The van der Waals surface area contributed by atoms with Crippen LogP contribution in [0.15, 0.2) is 36.4 Å². The fraction of sp³-hybridized carbons (Fsp3) is 0.280. The standard InChI is InChI=1S/C25H22N6O4S/c1-25(2,23-29-20-13(11-26)4-3-5-18(20)36-23)30-24(35)27-15-6-7-16-14(10-15)12-31(22(16)34)17-8-9-19(32)28-21(17)33/h3-7,10,17H,8-9,12H2,1-2H3,(H2,27,30,35)(H,28,32,33). The third kappa shape index (κ3) is 4.16. The Labute approximate surface area is 210 Å². The number of benzene rings is 2. The summed E-state index contributed by atoms with van der Waals surface area (Å²) in [4.78, 5) is 55.4. The van der Waals surface area contributed by atoms with Crippen LogP contribution in [0.2, 0.25) is 0 Å². The molecular weight excluding hydrogens is 480 g/mol. The number of aromatic nitrogens is 1. The van der Waals surface area contributed by atoms with Crippen molar-refractivity contribution in [2.45, 2.75) is 44.8 Å². The highest BCUT2D eigenvalue weighted by Gasteiger charge is 2.39. The monoisotopic (exact) mass is 502 g/mol. The van der Waals surface area contributed by atoms with E-state index in [-0.39, 0.29) is 31.2 Å². The van der Waals surface area contributed by atoms with E-state index in [0.717, 1.165) is 4.70 Å². The number of rotatable bonds is 4. The lowest BCUT2D eigenvalue weighted by Crippen LogP contribution is -2.52. The van der Waals surface area contributed by atoms with Crippen molar-refractivity contribution in [1.29, 1.82) is 5.26 Å². The van der Waals surface area contributed by atoms with E-state index < -0.39 is 23.5 Å². The van der Waals surface area contributed by atoms with Crippen molar-refractivity contribution < 1.29 is 19.2 Å². The Balaban J connectivity index is 1.29. The van der Waals surface area contributed by atoms with Crippen LogP contribution in [0.5, 0.6) is 0 Å². The van der Waals surface area contributed by atoms with Crippen LogP contribution in [0.3, 0.4) is 0 Å². The van der Waals surface area contributed by atoms with Crippen LogP contribution in [0.25, 0.3) is 10.2 Å². The summed E-state index contributed by atoms with van der Waals surface area (Å²) in [6.07, 6.45) is 0.473. The molecule has 182 valence electrons. The summed E-state index contributed by atoms with van der Waals surface area (Å²) >= 11 is 1.41. The van der Waals surface area contributed by atoms with Crippen molar-refractivity contribution >= 4 is 51.0 Å². The molecule has 3 heterocycles. The van der Waals surface area contributed by atoms with Gasteiger partial charge in [0.25, 0.3) is 5.91 Å². The number of carbonyl (C=O) groups excluding carboxylic acids is 4. The van der Waals surface area contributed by atoms with Crippen molar-refractivity contribution in [2.24, 2.45) is 0 Å². The SMILES string of the molecule is CC(C)(NC(=O)Nc1ccc2c(c1)CN(C1CCC(=O)NC1=O)C2=O)c1nc2c(C#N)cccc2s1. The van der Waals surface area contributed by atoms with Crippen molar-refractivity contribution in [1.82, 2.24) is 20.5 Å². The maximum atomic E-state index is 12.9. The first-order valence-electron chi connectivity index (χ1n) is 11.3. The molecule has 36 heavy (non-hydrogen) atoms. The van der Waals surface area contributed by atoms with Crippen molar-refractivity contribution in [3.8, 4) is 6.07 Å². The van der Waals surface area contributed by atoms with Crippen LogP contribution in [0.1, 0.15) is 53.2 Å². The van der Waals surface area contributed by atoms with E-state index >= 15 is 0 Å². The van der Waals surface area contributed by atoms with Gasteiger partial charge in [0.2, 0.25) is 11.8 Å². The number of hydrogen-bond acceptors (Lipinski definition) is 7. The van der Waals surface area contributed by atoms with Gasteiger partial charge in [0.05, 0.1) is 21.3 Å². The molecule has 2 aliphatic heterocycles. The highest BCUT2D eigenvalue weighted by Crippen LogP contribution is 2.32. The molecule has 11 heteroatoms. The molecule has 1 atom stereocenters. The fourth-order valence-corrected chi connectivity index (χ4v) is 5.51. The third-order valence-electron chi connectivity index (χ3n) is 6.28. The van der Waals surface area contributed by atoms with Gasteiger partial charge in [0.1, 0.15) is 17.1 Å². The number of fused-ring (bicyclic) bond motifs is 2. The maximum Gasteiger partial charge on any atom is 0.319 e. The normalized spacial score (nSPS) is 17.5. The first-order valence-corrected chi connectivity index (χ1v) is 12.1. The Morgan fingerprint density at radius 1 is 1.25 bits per heavy atom. The van der Waals surface area contributed by atoms with Crippen LogP contribution in [-0.4, -0.2) is 39.7 Å². The summed E-state index contributed by atoms with van der Waals surface area (Å²) in [6.45, 7) is 3.88. The Kier molecular flexibility index (Phi) is 5.68. The van der Waals surface area contributed by atoms with Gasteiger partial charge in [-0.1, -0.05) is 6.07 Å². The van der Waals surface area contributed by atoms with E-state index in [0.29, 0.717) is 32.9 Å². The molecule has 1 unspecified atom stereocenters. The van der Waals surface area contributed by atoms with Crippen molar-refractivity contribution in [3.05, 3.63) is 58.1 Å². The highest BCUT2D eigenvalue weighted by atomic mass is 32.1. The van der Waals surface area contributed by atoms with Crippen LogP contribution in [0.4, 0.5) is 10.5 Å². The minimum Gasteiger partial charge on any atom is -0.326 e. The molecular formula is C25H22N6O4S. The van der Waals surface area contributed by atoms with Gasteiger partial charge in [-0.25, -0.2) is 9.78 Å². The maximum absolute atomic E-state index is 12.9. The lowest BCUT2D eigenvalue weighted by Gasteiger charge is -2.29. The van der Waals surface area contributed by atoms with Crippen molar-refractivity contribution in [3.63, 3.8) is 0 Å². The number of para-hydroxylation sites is 1. The minimum atomic E-state index is -0.810. The molecule has 0 radical (unpaired) electrons. The zero-order valence-electron chi connectivity index (χ0n) is 19.5. The molecule has 3 N–H and O–H groups in total. The van der Waals surface area contributed by atoms with Crippen LogP contribution in [-0.2, 0) is 21.7 Å². The number of carbonyl (C=O) groups is 4. The number of anilines is 1. The number of urea groups is 1. The van der Waals surface area contributed by atoms with E-state index in [1.54, 1.807) is 30.3 Å². The zero-order chi connectivity index (χ0) is 25.6. The van der Waals surface area contributed by atoms with Gasteiger partial charge in [-0.15, -0.1) is 11.3 Å². The summed E-state index contributed by atoms with van der Waals surface area (Å²) in [5.74, 6) is -1.08. The van der Waals surface area contributed by atoms with E-state index in [4.69, 9.17) is 0 Å². The Hall–Kier alpha value is -4.30. The molecule has 10 nitrogen and oxygen atoms in total. The summed E-state index contributed by atoms with van der Waals surface area (Å²) < 4.78 is 0.864. The lowest BCUT2D eigenvalue weighted by molar-refractivity contribution is -0.136. The molecule has 1 fully saturated rings. The van der Waals surface area contributed by atoms with Crippen LogP contribution in [0, 0.1) is 11.3 Å². The first-order chi connectivity index (χ1) is 17.2. The third-order valence-corrected chi connectivity index (χ3v) is 7.63. The topological polar surface area (TPSA) is 144 Å². The number of hydrogen-bond donors (Lipinski definition) is 3. The molecule has 5 rings (SSSR count). The molecule has 0 bridgehead atoms. The summed E-state index contributed by atoms with van der Waals surface area (Å²) in [6, 6.07) is 11.4. The van der Waals surface area contributed by atoms with Gasteiger partial charge in [-0.05, 0) is 56.2 Å². The van der Waals surface area contributed by atoms with Gasteiger partial charge in [0, 0.05) is 24.2 Å². The molecule has 0 spiro atoms. The van der Waals surface area contributed by atoms with Gasteiger partial charge < -0.3 is 15.5 Å². The molecule has 2 aliphatic rings. The minimum absolute atomic E-state index is 0.186. The predicted octanol–water partition coefficient (Wildman–Crippen LogP) is 2.99. The summed E-state index contributed by atoms with van der Waals surface area (Å²) in [5.41, 5.74) is 1.94. The largest absolute Gasteiger partial charge is 0.326 e. The van der Waals surface area contributed by atoms with E-state index in [2.05, 4.69) is 27.0 Å². The number of imide groups is 1. The molecule has 2 aromatic carbocycles. The van der Waals surface area contributed by atoms with E-state index in [1.807, 2.05) is 19.9 Å². The van der Waals surface area contributed by atoms with Gasteiger partial charge in [-0.2, -0.15) is 5.26 Å². The molecule has 1 saturated heterocycles. The van der Waals surface area contributed by atoms with E-state index in [9.17, 15) is 24.4 Å². The Bertz CT molecular complexity index is 1490. The zero-order valence-corrected chi connectivity index (χ0v) is 20.4. The Morgan fingerprint density at radius 3 is 2.81 bits per heavy atom. The fourth-order valence-electron chi connectivity index (χ4n) is 4.46. The van der Waals surface area contributed by atoms with E-state index in [1.165, 1.54) is 16.2 Å². The lowest BCUT2D eigenvalue weighted by atomic mass is 10.0. The Morgan fingerprint density at radius 2 is 2.06 bits per heavy atom. The average molecular weight is 503 g/mol. The molecule has 5 amide bonds. The van der Waals surface area contributed by atoms with Crippen LogP contribution >= 0.6 is 11.3 Å². The highest BCUT2D eigenvalue weighted by molar-refractivity contribution is 7.18. The van der Waals surface area contributed by atoms with Crippen molar-refractivity contribution in [2.75, 3.05) is 5.32 Å². The average Bonchev–Trinajstić information content (AvgIpc) is 3.40. The molecule has 0 aliphatic carbocycles. The number of amides is 5. The van der Waals surface area contributed by atoms with Gasteiger partial charge >= 0.3 is 6.03 Å². The molecule has 1 aromatic heterocycles. The number of piperidine rings is 1. The first kappa shape index (κ1) is 23.4. The van der Waals surface area contributed by atoms with Crippen LogP contribution < -0.4 is 16.0 Å². The number of nitrogens with zero attached hydrogens (tertiary/aromatic N) is 3. The second-order valence-corrected chi connectivity index (χ2v) is 10.3. The number of nitriles is 1.